The lowest BCUT2D eigenvalue weighted by Gasteiger charge is -2.11. The summed E-state index contributed by atoms with van der Waals surface area (Å²) in [5.74, 6) is -0.850. The van der Waals surface area contributed by atoms with Crippen molar-refractivity contribution in [3.05, 3.63) is 70.1 Å². The predicted octanol–water partition coefficient (Wildman–Crippen LogP) is 2.06. The number of aromatic nitrogens is 2. The molecule has 0 bridgehead atoms. The normalized spacial score (nSPS) is 10.6. The van der Waals surface area contributed by atoms with Crippen LogP contribution >= 0.6 is 0 Å². The molecule has 1 amide bonds. The van der Waals surface area contributed by atoms with Crippen LogP contribution in [-0.4, -0.2) is 28.8 Å². The van der Waals surface area contributed by atoms with E-state index in [0.717, 1.165) is 10.2 Å². The molecule has 7 nitrogen and oxygen atoms in total. The molecule has 138 valence electrons. The fraction of sp³-hybridized carbons (Fsp3) is 0.200. The van der Waals surface area contributed by atoms with Gasteiger partial charge in [0.15, 0.2) is 0 Å². The molecule has 1 heterocycles. The Morgan fingerprint density at radius 3 is 2.56 bits per heavy atom. The molecule has 0 aliphatic carbocycles. The third-order valence-electron chi connectivity index (χ3n) is 4.08. The molecule has 3 rings (SSSR count). The minimum Gasteiger partial charge on any atom is -0.469 e. The van der Waals surface area contributed by atoms with Gasteiger partial charge in [-0.25, -0.2) is 4.68 Å². The Hall–Kier alpha value is -3.48. The van der Waals surface area contributed by atoms with E-state index in [1.807, 2.05) is 25.1 Å². The molecule has 27 heavy (non-hydrogen) atoms. The van der Waals surface area contributed by atoms with Crippen LogP contribution in [-0.2, 0) is 27.3 Å². The van der Waals surface area contributed by atoms with E-state index in [-0.39, 0.29) is 18.9 Å². The monoisotopic (exact) mass is 365 g/mol. The number of hydrogen-bond donors (Lipinski definition) is 1. The topological polar surface area (TPSA) is 90.3 Å². The van der Waals surface area contributed by atoms with Gasteiger partial charge in [0, 0.05) is 11.1 Å². The van der Waals surface area contributed by atoms with Gasteiger partial charge >= 0.3 is 5.97 Å². The highest BCUT2D eigenvalue weighted by atomic mass is 16.5. The molecule has 7 heteroatoms. The average molecular weight is 365 g/mol. The number of carbonyl (C=O) groups excluding carboxylic acids is 2. The van der Waals surface area contributed by atoms with E-state index >= 15 is 0 Å². The van der Waals surface area contributed by atoms with E-state index in [0.29, 0.717) is 22.2 Å². The number of benzene rings is 2. The molecule has 0 atom stereocenters. The lowest BCUT2D eigenvalue weighted by Crippen LogP contribution is -2.31. The Kier molecular flexibility index (Phi) is 5.30. The van der Waals surface area contributed by atoms with Crippen molar-refractivity contribution in [1.29, 1.82) is 0 Å². The van der Waals surface area contributed by atoms with Gasteiger partial charge in [0.2, 0.25) is 5.91 Å². The van der Waals surface area contributed by atoms with Gasteiger partial charge < -0.3 is 10.1 Å². The van der Waals surface area contributed by atoms with Crippen molar-refractivity contribution < 1.29 is 14.3 Å². The maximum absolute atomic E-state index is 12.7. The third kappa shape index (κ3) is 4.20. The summed E-state index contributed by atoms with van der Waals surface area (Å²) in [5.41, 5.74) is 1.65. The smallest absolute Gasteiger partial charge is 0.311 e. The quantitative estimate of drug-likeness (QED) is 0.699. The summed E-state index contributed by atoms with van der Waals surface area (Å²) in [6.45, 7) is 1.66. The number of ether oxygens (including phenoxy) is 1. The molecule has 1 aromatic heterocycles. The lowest BCUT2D eigenvalue weighted by molar-refractivity contribution is -0.139. The molecule has 0 aliphatic rings. The van der Waals surface area contributed by atoms with Gasteiger partial charge in [-0.15, -0.1) is 0 Å². The van der Waals surface area contributed by atoms with Gasteiger partial charge in [-0.1, -0.05) is 30.3 Å². The summed E-state index contributed by atoms with van der Waals surface area (Å²) < 4.78 is 5.77. The van der Waals surface area contributed by atoms with Crippen molar-refractivity contribution in [3.8, 4) is 0 Å². The number of esters is 1. The van der Waals surface area contributed by atoms with Crippen LogP contribution in [0.25, 0.3) is 10.8 Å². The Labute approximate surface area is 155 Å². The number of carbonyl (C=O) groups is 2. The summed E-state index contributed by atoms with van der Waals surface area (Å²) >= 11 is 0. The highest BCUT2D eigenvalue weighted by molar-refractivity contribution is 5.91. The van der Waals surface area contributed by atoms with E-state index in [4.69, 9.17) is 4.74 Å². The highest BCUT2D eigenvalue weighted by Crippen LogP contribution is 2.14. The van der Waals surface area contributed by atoms with Crippen molar-refractivity contribution in [2.24, 2.45) is 0 Å². The van der Waals surface area contributed by atoms with E-state index < -0.39 is 11.5 Å². The first-order chi connectivity index (χ1) is 13.0. The van der Waals surface area contributed by atoms with Crippen molar-refractivity contribution in [2.45, 2.75) is 19.9 Å². The van der Waals surface area contributed by atoms with Crippen LogP contribution in [0, 0.1) is 6.92 Å². The summed E-state index contributed by atoms with van der Waals surface area (Å²) in [7, 11) is 1.29. The highest BCUT2D eigenvalue weighted by Gasteiger charge is 2.15. The Morgan fingerprint density at radius 1 is 1.11 bits per heavy atom. The van der Waals surface area contributed by atoms with Crippen LogP contribution in [0.5, 0.6) is 0 Å². The maximum atomic E-state index is 12.7. The third-order valence-corrected chi connectivity index (χ3v) is 4.08. The number of hydrogen-bond acceptors (Lipinski definition) is 5. The van der Waals surface area contributed by atoms with E-state index in [2.05, 4.69) is 10.4 Å². The van der Waals surface area contributed by atoms with Gasteiger partial charge in [-0.3, -0.25) is 14.4 Å². The van der Waals surface area contributed by atoms with Crippen LogP contribution in [0.1, 0.15) is 11.3 Å². The summed E-state index contributed by atoms with van der Waals surface area (Å²) in [5, 5.41) is 7.95. The largest absolute Gasteiger partial charge is 0.469 e. The zero-order valence-corrected chi connectivity index (χ0v) is 15.1. The molecule has 0 fully saturated rings. The number of amides is 1. The zero-order valence-electron chi connectivity index (χ0n) is 15.1. The number of rotatable bonds is 5. The second kappa shape index (κ2) is 7.82. The minimum absolute atomic E-state index is 0.0865. The molecule has 0 spiro atoms. The molecule has 0 aliphatic heterocycles. The number of anilines is 1. The Balaban J connectivity index is 1.93. The van der Waals surface area contributed by atoms with Crippen LogP contribution in [0.15, 0.2) is 53.3 Å². The van der Waals surface area contributed by atoms with Crippen LogP contribution < -0.4 is 10.9 Å². The number of fused-ring (bicyclic) bond motifs is 1. The second-order valence-corrected chi connectivity index (χ2v) is 6.13. The maximum Gasteiger partial charge on any atom is 0.311 e. The van der Waals surface area contributed by atoms with Crippen molar-refractivity contribution in [2.75, 3.05) is 12.4 Å². The van der Waals surface area contributed by atoms with Crippen molar-refractivity contribution in [3.63, 3.8) is 0 Å². The summed E-state index contributed by atoms with van der Waals surface area (Å²) in [4.78, 5) is 36.7. The number of nitrogens with zero attached hydrogens (tertiary/aromatic N) is 2. The molecule has 0 saturated carbocycles. The first-order valence-electron chi connectivity index (χ1n) is 8.40. The summed E-state index contributed by atoms with van der Waals surface area (Å²) in [6, 6.07) is 14.2. The molecular formula is C20H19N3O4. The van der Waals surface area contributed by atoms with E-state index in [1.54, 1.807) is 30.3 Å². The first-order valence-corrected chi connectivity index (χ1v) is 8.40. The lowest BCUT2D eigenvalue weighted by atomic mass is 10.1. The van der Waals surface area contributed by atoms with E-state index in [1.165, 1.54) is 7.11 Å². The fourth-order valence-electron chi connectivity index (χ4n) is 2.81. The van der Waals surface area contributed by atoms with Crippen LogP contribution in [0.3, 0.4) is 0 Å². The Bertz CT molecular complexity index is 1070. The molecule has 2 aromatic carbocycles. The molecule has 3 aromatic rings. The second-order valence-electron chi connectivity index (χ2n) is 6.13. The molecule has 0 unspecified atom stereocenters. The van der Waals surface area contributed by atoms with Gasteiger partial charge in [0.1, 0.15) is 6.54 Å². The molecule has 1 N–H and O–H groups in total. The molecule has 0 saturated heterocycles. The van der Waals surface area contributed by atoms with Gasteiger partial charge in [-0.05, 0) is 30.7 Å². The average Bonchev–Trinajstić information content (AvgIpc) is 2.65. The molecular weight excluding hydrogens is 346 g/mol. The zero-order chi connectivity index (χ0) is 19.4. The van der Waals surface area contributed by atoms with Crippen molar-refractivity contribution in [1.82, 2.24) is 9.78 Å². The SMILES string of the molecule is COC(=O)Cc1nn(CC(=O)Nc2cccc(C)c2)c(=O)c2ccccc12. The number of nitrogens with one attached hydrogen (secondary N) is 1. The van der Waals surface area contributed by atoms with Crippen LogP contribution in [0.2, 0.25) is 0 Å². The number of methoxy groups -OCH3 is 1. The summed E-state index contributed by atoms with van der Waals surface area (Å²) in [6.07, 6.45) is -0.0865. The van der Waals surface area contributed by atoms with Gasteiger partial charge in [0.25, 0.3) is 5.56 Å². The van der Waals surface area contributed by atoms with Gasteiger partial charge in [0.05, 0.1) is 24.6 Å². The van der Waals surface area contributed by atoms with Crippen molar-refractivity contribution >= 4 is 28.3 Å². The first kappa shape index (κ1) is 18.3. The fourth-order valence-corrected chi connectivity index (χ4v) is 2.81. The molecule has 0 radical (unpaired) electrons. The Morgan fingerprint density at radius 2 is 1.85 bits per heavy atom. The van der Waals surface area contributed by atoms with Gasteiger partial charge in [-0.2, -0.15) is 5.10 Å². The minimum atomic E-state index is -0.470. The predicted molar refractivity (Wildman–Crippen MR) is 102 cm³/mol. The van der Waals surface area contributed by atoms with Crippen LogP contribution in [0.4, 0.5) is 5.69 Å². The van der Waals surface area contributed by atoms with E-state index in [9.17, 15) is 14.4 Å². The number of aryl methyl sites for hydroxylation is 1. The standard InChI is InChI=1S/C20H19N3O4/c1-13-6-5-7-14(10-13)21-18(24)12-23-20(26)16-9-4-3-8-15(16)17(22-23)11-19(25)27-2/h3-10H,11-12H2,1-2H3,(H,21,24).